The van der Waals surface area contributed by atoms with Gasteiger partial charge in [0.05, 0.1) is 6.42 Å². The Bertz CT molecular complexity index is 866. The Balaban J connectivity index is 1.66. The molecule has 24 heavy (non-hydrogen) atoms. The molecule has 7 nitrogen and oxygen atoms in total. The molecular weight excluding hydrogens is 306 g/mol. The van der Waals surface area contributed by atoms with Crippen molar-refractivity contribution >= 4 is 11.9 Å². The average Bonchev–Trinajstić information content (AvgIpc) is 3.20. The minimum Gasteiger partial charge on any atom is -0.407 e. The van der Waals surface area contributed by atoms with Crippen LogP contribution < -0.4 is 5.32 Å². The molecule has 124 valence electrons. The van der Waals surface area contributed by atoms with Gasteiger partial charge in [-0.2, -0.15) is 5.10 Å². The van der Waals surface area contributed by atoms with Crippen molar-refractivity contribution in [2.24, 2.45) is 0 Å². The number of anilines is 1. The summed E-state index contributed by atoms with van der Waals surface area (Å²) in [7, 11) is 0. The van der Waals surface area contributed by atoms with Crippen LogP contribution in [0.5, 0.6) is 0 Å². The fourth-order valence-electron chi connectivity index (χ4n) is 2.28. The number of aryl methyl sites for hydroxylation is 3. The van der Waals surface area contributed by atoms with Crippen molar-refractivity contribution in [3.8, 4) is 0 Å². The molecule has 0 aliphatic rings. The van der Waals surface area contributed by atoms with Crippen molar-refractivity contribution in [3.05, 3.63) is 58.7 Å². The Morgan fingerprint density at radius 3 is 2.75 bits per heavy atom. The fraction of sp³-hybridized carbons (Fsp3) is 0.294. The molecule has 0 spiro atoms. The van der Waals surface area contributed by atoms with Crippen LogP contribution in [0.1, 0.15) is 40.0 Å². The molecule has 0 fully saturated rings. The van der Waals surface area contributed by atoms with Crippen LogP contribution >= 0.6 is 0 Å². The number of amides is 1. The van der Waals surface area contributed by atoms with Crippen molar-refractivity contribution in [3.63, 3.8) is 0 Å². The molecule has 2 aromatic heterocycles. The molecule has 1 N–H and O–H groups in total. The number of hydrogen-bond donors (Lipinski definition) is 1. The van der Waals surface area contributed by atoms with Gasteiger partial charge in [-0.1, -0.05) is 23.3 Å². The second-order valence-electron chi connectivity index (χ2n) is 5.61. The van der Waals surface area contributed by atoms with E-state index in [9.17, 15) is 4.79 Å². The number of rotatable bonds is 5. The average molecular weight is 325 g/mol. The zero-order chi connectivity index (χ0) is 17.1. The standard InChI is InChI=1S/C17H19N5O2/c1-4-22-8-7-14(21-22)16(23)18-17-20-19-15(24-17)10-13-6-5-11(2)12(3)9-13/h5-9H,4,10H2,1-3H3,(H,18,20,23). The predicted molar refractivity (Wildman–Crippen MR) is 88.9 cm³/mol. The van der Waals surface area contributed by atoms with Gasteiger partial charge in [-0.15, -0.1) is 5.10 Å². The van der Waals surface area contributed by atoms with Crippen molar-refractivity contribution in [2.45, 2.75) is 33.7 Å². The van der Waals surface area contributed by atoms with E-state index in [1.807, 2.05) is 13.0 Å². The highest BCUT2D eigenvalue weighted by Gasteiger charge is 2.14. The third-order valence-electron chi connectivity index (χ3n) is 3.81. The quantitative estimate of drug-likeness (QED) is 0.779. The van der Waals surface area contributed by atoms with Crippen molar-refractivity contribution in [1.29, 1.82) is 0 Å². The van der Waals surface area contributed by atoms with Crippen LogP contribution in [0.25, 0.3) is 0 Å². The molecule has 1 amide bonds. The van der Waals surface area contributed by atoms with E-state index in [1.54, 1.807) is 16.9 Å². The van der Waals surface area contributed by atoms with Gasteiger partial charge in [0, 0.05) is 12.7 Å². The summed E-state index contributed by atoms with van der Waals surface area (Å²) in [5.74, 6) is 0.0798. The first kappa shape index (κ1) is 15.9. The van der Waals surface area contributed by atoms with Gasteiger partial charge in [0.1, 0.15) is 0 Å². The zero-order valence-corrected chi connectivity index (χ0v) is 13.9. The number of aromatic nitrogens is 4. The van der Waals surface area contributed by atoms with Crippen molar-refractivity contribution in [1.82, 2.24) is 20.0 Å². The molecule has 0 aliphatic carbocycles. The highest BCUT2D eigenvalue weighted by Crippen LogP contribution is 2.15. The number of carbonyl (C=O) groups excluding carboxylic acids is 1. The van der Waals surface area contributed by atoms with Gasteiger partial charge in [0.2, 0.25) is 5.89 Å². The molecule has 0 bridgehead atoms. The third-order valence-corrected chi connectivity index (χ3v) is 3.81. The maximum atomic E-state index is 12.1. The van der Waals surface area contributed by atoms with E-state index in [0.29, 0.717) is 24.6 Å². The minimum atomic E-state index is -0.372. The fourth-order valence-corrected chi connectivity index (χ4v) is 2.28. The first-order chi connectivity index (χ1) is 11.5. The van der Waals surface area contributed by atoms with Gasteiger partial charge in [0.25, 0.3) is 5.91 Å². The summed E-state index contributed by atoms with van der Waals surface area (Å²) in [6, 6.07) is 7.90. The Morgan fingerprint density at radius 2 is 2.04 bits per heavy atom. The summed E-state index contributed by atoms with van der Waals surface area (Å²) in [5, 5.41) is 14.5. The topological polar surface area (TPSA) is 85.8 Å². The minimum absolute atomic E-state index is 0.0740. The van der Waals surface area contributed by atoms with E-state index in [4.69, 9.17) is 4.42 Å². The number of hydrogen-bond acceptors (Lipinski definition) is 5. The monoisotopic (exact) mass is 325 g/mol. The van der Waals surface area contributed by atoms with Gasteiger partial charge in [0.15, 0.2) is 5.69 Å². The van der Waals surface area contributed by atoms with Gasteiger partial charge in [-0.25, -0.2) is 0 Å². The van der Waals surface area contributed by atoms with Crippen LogP contribution in [0.3, 0.4) is 0 Å². The smallest absolute Gasteiger partial charge is 0.322 e. The first-order valence-electron chi connectivity index (χ1n) is 7.78. The molecule has 0 saturated carbocycles. The summed E-state index contributed by atoms with van der Waals surface area (Å²) in [6.07, 6.45) is 2.27. The van der Waals surface area contributed by atoms with E-state index < -0.39 is 0 Å². The van der Waals surface area contributed by atoms with E-state index in [2.05, 4.69) is 46.6 Å². The molecule has 0 saturated heterocycles. The highest BCUT2D eigenvalue weighted by atomic mass is 16.4. The number of nitrogens with zero attached hydrogens (tertiary/aromatic N) is 4. The van der Waals surface area contributed by atoms with E-state index in [0.717, 1.165) is 5.56 Å². The summed E-state index contributed by atoms with van der Waals surface area (Å²) >= 11 is 0. The summed E-state index contributed by atoms with van der Waals surface area (Å²) in [4.78, 5) is 12.1. The van der Waals surface area contributed by atoms with E-state index in [-0.39, 0.29) is 11.9 Å². The van der Waals surface area contributed by atoms with E-state index >= 15 is 0 Å². The van der Waals surface area contributed by atoms with Crippen LogP contribution in [-0.4, -0.2) is 25.9 Å². The third kappa shape index (κ3) is 3.51. The highest BCUT2D eigenvalue weighted by molar-refractivity contribution is 6.01. The first-order valence-corrected chi connectivity index (χ1v) is 7.78. The second kappa shape index (κ2) is 6.66. The summed E-state index contributed by atoms with van der Waals surface area (Å²) in [6.45, 7) is 6.78. The number of benzene rings is 1. The molecule has 0 aliphatic heterocycles. The molecule has 7 heteroatoms. The summed E-state index contributed by atoms with van der Waals surface area (Å²) < 4.78 is 7.17. The molecule has 0 unspecified atom stereocenters. The maximum Gasteiger partial charge on any atom is 0.322 e. The number of nitrogens with one attached hydrogen (secondary N) is 1. The lowest BCUT2D eigenvalue weighted by Gasteiger charge is -2.02. The summed E-state index contributed by atoms with van der Waals surface area (Å²) in [5.41, 5.74) is 3.85. The van der Waals surface area contributed by atoms with Gasteiger partial charge >= 0.3 is 6.01 Å². The lowest BCUT2D eigenvalue weighted by Crippen LogP contribution is -2.13. The van der Waals surface area contributed by atoms with Crippen LogP contribution in [-0.2, 0) is 13.0 Å². The number of carbonyl (C=O) groups is 1. The van der Waals surface area contributed by atoms with Crippen LogP contribution in [0.15, 0.2) is 34.9 Å². The molecule has 0 radical (unpaired) electrons. The van der Waals surface area contributed by atoms with Crippen molar-refractivity contribution < 1.29 is 9.21 Å². The molecule has 3 aromatic rings. The van der Waals surface area contributed by atoms with E-state index in [1.165, 1.54) is 11.1 Å². The molecular formula is C17H19N5O2. The maximum absolute atomic E-state index is 12.1. The van der Waals surface area contributed by atoms with Crippen LogP contribution in [0, 0.1) is 13.8 Å². The zero-order valence-electron chi connectivity index (χ0n) is 13.9. The van der Waals surface area contributed by atoms with Crippen LogP contribution in [0.2, 0.25) is 0 Å². The van der Waals surface area contributed by atoms with Crippen LogP contribution in [0.4, 0.5) is 6.01 Å². The molecule has 1 aromatic carbocycles. The predicted octanol–water partition coefficient (Wildman–Crippen LogP) is 2.75. The van der Waals surface area contributed by atoms with Gasteiger partial charge in [-0.3, -0.25) is 14.8 Å². The molecule has 0 atom stereocenters. The Labute approximate surface area is 139 Å². The van der Waals surface area contributed by atoms with Gasteiger partial charge < -0.3 is 4.42 Å². The Morgan fingerprint density at radius 1 is 1.21 bits per heavy atom. The normalized spacial score (nSPS) is 10.8. The van der Waals surface area contributed by atoms with Crippen molar-refractivity contribution in [2.75, 3.05) is 5.32 Å². The molecule has 3 rings (SSSR count). The van der Waals surface area contributed by atoms with Gasteiger partial charge in [-0.05, 0) is 43.5 Å². The largest absolute Gasteiger partial charge is 0.407 e. The lowest BCUT2D eigenvalue weighted by atomic mass is 10.0. The second-order valence-corrected chi connectivity index (χ2v) is 5.61. The Hall–Kier alpha value is -2.96. The Kier molecular flexibility index (Phi) is 4.41. The SMILES string of the molecule is CCn1ccc(C(=O)Nc2nnc(Cc3ccc(C)c(C)c3)o2)n1. The molecule has 2 heterocycles. The lowest BCUT2D eigenvalue weighted by molar-refractivity contribution is 0.101.